The molecule has 0 aliphatic heterocycles. The van der Waals surface area contributed by atoms with Crippen molar-refractivity contribution in [1.82, 2.24) is 4.98 Å². The van der Waals surface area contributed by atoms with Gasteiger partial charge in [-0.2, -0.15) is 0 Å². The molecule has 9 heteroatoms. The highest BCUT2D eigenvalue weighted by Crippen LogP contribution is 2.26. The molecule has 0 bridgehead atoms. The second-order valence-corrected chi connectivity index (χ2v) is 9.53. The fourth-order valence-electron chi connectivity index (χ4n) is 2.47. The number of rotatable bonds is 4. The summed E-state index contributed by atoms with van der Waals surface area (Å²) in [6, 6.07) is 9.34. The van der Waals surface area contributed by atoms with Gasteiger partial charge in [-0.15, -0.1) is 0 Å². The van der Waals surface area contributed by atoms with Crippen molar-refractivity contribution < 1.29 is 21.2 Å². The number of anilines is 1. The van der Waals surface area contributed by atoms with Crippen LogP contribution < -0.4 is 4.72 Å². The molecule has 3 rings (SSSR count). The molecule has 0 fully saturated rings. The first-order valence-corrected chi connectivity index (χ1v) is 10.8. The third-order valence-corrected chi connectivity index (χ3v) is 6.22. The highest BCUT2D eigenvalue weighted by Gasteiger charge is 2.21. The number of nitrogens with zero attached hydrogens (tertiary/aromatic N) is 1. The van der Waals surface area contributed by atoms with Crippen molar-refractivity contribution >= 4 is 36.5 Å². The summed E-state index contributed by atoms with van der Waals surface area (Å²) >= 11 is 0. The summed E-state index contributed by atoms with van der Waals surface area (Å²) in [5.74, 6) is -0.884. The average Bonchev–Trinajstić information content (AvgIpc) is 2.54. The van der Waals surface area contributed by atoms with Crippen LogP contribution in [0.4, 0.5) is 10.1 Å². The zero-order chi connectivity index (χ0) is 19.1. The number of hydrogen-bond acceptors (Lipinski definition) is 5. The molecule has 1 heterocycles. The Kier molecular flexibility index (Phi) is 4.45. The second-order valence-electron chi connectivity index (χ2n) is 5.86. The summed E-state index contributed by atoms with van der Waals surface area (Å²) in [5.41, 5.74) is 0.661. The molecule has 0 saturated carbocycles. The summed E-state index contributed by atoms with van der Waals surface area (Å²) in [6.07, 6.45) is 2.49. The van der Waals surface area contributed by atoms with E-state index < -0.39 is 31.4 Å². The van der Waals surface area contributed by atoms with Crippen molar-refractivity contribution in [2.45, 2.75) is 16.7 Å². The number of para-hydroxylation sites is 1. The third-order valence-electron chi connectivity index (χ3n) is 3.71. The molecule has 136 valence electrons. The Morgan fingerprint density at radius 1 is 1.04 bits per heavy atom. The molecular weight excluding hydrogens is 379 g/mol. The number of sulfone groups is 1. The first-order chi connectivity index (χ1) is 12.1. The van der Waals surface area contributed by atoms with E-state index in [0.717, 1.165) is 30.0 Å². The Labute approximate surface area is 150 Å². The summed E-state index contributed by atoms with van der Waals surface area (Å²) < 4.78 is 64.9. The summed E-state index contributed by atoms with van der Waals surface area (Å²) in [4.78, 5) is 3.84. The molecule has 0 unspecified atom stereocenters. The summed E-state index contributed by atoms with van der Waals surface area (Å²) in [6.45, 7) is 1.83. The van der Waals surface area contributed by atoms with Crippen LogP contribution in [-0.2, 0) is 19.9 Å². The number of hydrogen-bond donors (Lipinski definition) is 1. The van der Waals surface area contributed by atoms with E-state index in [9.17, 15) is 21.2 Å². The molecule has 0 spiro atoms. The predicted octanol–water partition coefficient (Wildman–Crippen LogP) is 2.89. The van der Waals surface area contributed by atoms with Gasteiger partial charge in [0.15, 0.2) is 9.84 Å². The lowest BCUT2D eigenvalue weighted by atomic mass is 10.2. The molecule has 2 aromatic carbocycles. The fraction of sp³-hybridized carbons (Fsp3) is 0.118. The van der Waals surface area contributed by atoms with Crippen molar-refractivity contribution in [3.63, 3.8) is 0 Å². The Morgan fingerprint density at radius 3 is 2.46 bits per heavy atom. The van der Waals surface area contributed by atoms with Crippen molar-refractivity contribution in [2.24, 2.45) is 0 Å². The number of sulfonamides is 1. The monoisotopic (exact) mass is 394 g/mol. The zero-order valence-electron chi connectivity index (χ0n) is 13.9. The van der Waals surface area contributed by atoms with Crippen LogP contribution in [0, 0.1) is 12.7 Å². The molecule has 0 amide bonds. The van der Waals surface area contributed by atoms with E-state index >= 15 is 0 Å². The van der Waals surface area contributed by atoms with E-state index in [1.54, 1.807) is 18.2 Å². The van der Waals surface area contributed by atoms with E-state index in [4.69, 9.17) is 0 Å². The lowest BCUT2D eigenvalue weighted by molar-refractivity contribution is 0.596. The van der Waals surface area contributed by atoms with Crippen LogP contribution in [0.2, 0.25) is 0 Å². The highest BCUT2D eigenvalue weighted by molar-refractivity contribution is 7.93. The van der Waals surface area contributed by atoms with E-state index in [2.05, 4.69) is 9.71 Å². The number of nitrogens with one attached hydrogen (secondary N) is 1. The molecule has 0 atom stereocenters. The molecule has 1 N–H and O–H groups in total. The van der Waals surface area contributed by atoms with Gasteiger partial charge in [-0.05, 0) is 42.8 Å². The smallest absolute Gasteiger partial charge is 0.264 e. The Morgan fingerprint density at radius 2 is 1.77 bits per heavy atom. The van der Waals surface area contributed by atoms with E-state index in [-0.39, 0.29) is 15.3 Å². The van der Waals surface area contributed by atoms with Gasteiger partial charge in [0, 0.05) is 17.8 Å². The molecule has 3 aromatic rings. The van der Waals surface area contributed by atoms with Gasteiger partial charge in [0.25, 0.3) is 10.0 Å². The van der Waals surface area contributed by atoms with Crippen LogP contribution in [0.25, 0.3) is 10.9 Å². The minimum atomic E-state index is -4.18. The van der Waals surface area contributed by atoms with Crippen LogP contribution in [0.1, 0.15) is 5.56 Å². The zero-order valence-corrected chi connectivity index (χ0v) is 15.5. The van der Waals surface area contributed by atoms with Gasteiger partial charge in [-0.25, -0.2) is 21.2 Å². The Balaban J connectivity index is 2.11. The van der Waals surface area contributed by atoms with Crippen molar-refractivity contribution in [1.29, 1.82) is 0 Å². The van der Waals surface area contributed by atoms with Gasteiger partial charge >= 0.3 is 0 Å². The maximum absolute atomic E-state index is 14.0. The molecule has 0 aliphatic carbocycles. The van der Waals surface area contributed by atoms with Gasteiger partial charge in [0.05, 0.1) is 16.1 Å². The first kappa shape index (κ1) is 18.3. The number of fused-ring (bicyclic) bond motifs is 1. The Hall–Kier alpha value is -2.52. The number of pyridine rings is 1. The lowest BCUT2D eigenvalue weighted by Gasteiger charge is -2.12. The molecule has 0 aliphatic rings. The lowest BCUT2D eigenvalue weighted by Crippen LogP contribution is -2.15. The molecule has 26 heavy (non-hydrogen) atoms. The van der Waals surface area contributed by atoms with Crippen molar-refractivity contribution in [3.05, 3.63) is 60.0 Å². The minimum Gasteiger partial charge on any atom is -0.277 e. The van der Waals surface area contributed by atoms with E-state index in [1.165, 1.54) is 12.3 Å². The predicted molar refractivity (Wildman–Crippen MR) is 96.8 cm³/mol. The normalized spacial score (nSPS) is 12.3. The maximum atomic E-state index is 14.0. The standard InChI is InChI=1S/C17H15FN2O4S2/c1-11-8-12-4-3-5-16(17(12)19-10-11)26(23,24)20-15-9-13(25(2,21)22)6-7-14(15)18/h3-10,20H,1-2H3. The highest BCUT2D eigenvalue weighted by atomic mass is 32.2. The van der Waals surface area contributed by atoms with Crippen molar-refractivity contribution in [3.8, 4) is 0 Å². The Bertz CT molecular complexity index is 1220. The second kappa shape index (κ2) is 6.33. The van der Waals surface area contributed by atoms with Gasteiger partial charge in [0.1, 0.15) is 10.7 Å². The first-order valence-electron chi connectivity index (χ1n) is 7.46. The average molecular weight is 394 g/mol. The maximum Gasteiger partial charge on any atom is 0.264 e. The minimum absolute atomic E-state index is 0.126. The molecule has 1 aromatic heterocycles. The SMILES string of the molecule is Cc1cnc2c(S(=O)(=O)Nc3cc(S(C)(=O)=O)ccc3F)cccc2c1. The molecule has 0 saturated heterocycles. The number of aryl methyl sites for hydroxylation is 1. The van der Waals surface area contributed by atoms with Crippen LogP contribution in [-0.4, -0.2) is 28.1 Å². The number of aromatic nitrogens is 1. The van der Waals surface area contributed by atoms with Crippen LogP contribution in [0.5, 0.6) is 0 Å². The summed E-state index contributed by atoms with van der Waals surface area (Å²) in [7, 11) is -7.80. The van der Waals surface area contributed by atoms with Gasteiger partial charge < -0.3 is 0 Å². The van der Waals surface area contributed by atoms with Crippen molar-refractivity contribution in [2.75, 3.05) is 11.0 Å². The quantitative estimate of drug-likeness (QED) is 0.687. The van der Waals surface area contributed by atoms with E-state index in [1.807, 2.05) is 6.92 Å². The third kappa shape index (κ3) is 3.54. The molecule has 6 nitrogen and oxygen atoms in total. The van der Waals surface area contributed by atoms with Crippen LogP contribution in [0.15, 0.2) is 58.5 Å². The topological polar surface area (TPSA) is 93.2 Å². The van der Waals surface area contributed by atoms with Gasteiger partial charge in [0.2, 0.25) is 0 Å². The molecule has 0 radical (unpaired) electrons. The van der Waals surface area contributed by atoms with Crippen LogP contribution in [0.3, 0.4) is 0 Å². The fourth-order valence-corrected chi connectivity index (χ4v) is 4.36. The van der Waals surface area contributed by atoms with Gasteiger partial charge in [-0.1, -0.05) is 12.1 Å². The number of halogens is 1. The largest absolute Gasteiger partial charge is 0.277 e. The van der Waals surface area contributed by atoms with Gasteiger partial charge in [-0.3, -0.25) is 9.71 Å². The summed E-state index contributed by atoms with van der Waals surface area (Å²) in [5, 5.41) is 0.623. The van der Waals surface area contributed by atoms with Crippen LogP contribution >= 0.6 is 0 Å². The van der Waals surface area contributed by atoms with E-state index in [0.29, 0.717) is 5.39 Å². The molecular formula is C17H15FN2O4S2. The number of benzene rings is 2.